The largest absolute Gasteiger partial charge is 0.396 e. The molecule has 142 valence electrons. The zero-order chi connectivity index (χ0) is 19.5. The van der Waals surface area contributed by atoms with Crippen LogP contribution in [0.2, 0.25) is 0 Å². The SMILES string of the molecule is NC(=CC(=NCc1ccccc1F)c1ccon1)c1ncc(C2CC2)c(N)n1. The zero-order valence-electron chi connectivity index (χ0n) is 15.0. The predicted octanol–water partition coefficient (Wildman–Crippen LogP) is 3.05. The fraction of sp³-hybridized carbons (Fsp3) is 0.200. The molecule has 0 unspecified atom stereocenters. The third kappa shape index (κ3) is 3.90. The van der Waals surface area contributed by atoms with Crippen molar-refractivity contribution in [3.8, 4) is 0 Å². The number of nitrogens with two attached hydrogens (primary N) is 2. The van der Waals surface area contributed by atoms with Gasteiger partial charge in [-0.25, -0.2) is 14.4 Å². The lowest BCUT2D eigenvalue weighted by Gasteiger charge is -2.06. The summed E-state index contributed by atoms with van der Waals surface area (Å²) in [5.74, 6) is 0.876. The Hall–Kier alpha value is -3.55. The second kappa shape index (κ2) is 7.59. The Kier molecular flexibility index (Phi) is 4.84. The standard InChI is InChI=1S/C20H19FN6O/c21-15-4-2-1-3-13(15)10-24-18(17-7-8-28-27-17)9-16(22)20-25-11-14(12-5-6-12)19(23)26-20/h1-4,7-9,11-12H,5-6,10,22H2,(H2,23,25,26). The smallest absolute Gasteiger partial charge is 0.177 e. The van der Waals surface area contributed by atoms with Crippen LogP contribution in [0.15, 0.2) is 58.4 Å². The Bertz CT molecular complexity index is 1040. The van der Waals surface area contributed by atoms with Crippen LogP contribution >= 0.6 is 0 Å². The fourth-order valence-corrected chi connectivity index (χ4v) is 2.81. The third-order valence-corrected chi connectivity index (χ3v) is 4.49. The van der Waals surface area contributed by atoms with Gasteiger partial charge in [0.1, 0.15) is 23.6 Å². The van der Waals surface area contributed by atoms with E-state index in [1.165, 1.54) is 12.3 Å². The van der Waals surface area contributed by atoms with Crippen molar-refractivity contribution in [2.45, 2.75) is 25.3 Å². The molecule has 1 aliphatic rings. The molecule has 7 nitrogen and oxygen atoms in total. The average Bonchev–Trinajstić information content (AvgIpc) is 3.39. The van der Waals surface area contributed by atoms with E-state index in [4.69, 9.17) is 16.0 Å². The minimum absolute atomic E-state index is 0.127. The number of allylic oxidation sites excluding steroid dienone is 1. The summed E-state index contributed by atoms with van der Waals surface area (Å²) >= 11 is 0. The molecule has 0 spiro atoms. The van der Waals surface area contributed by atoms with Gasteiger partial charge in [-0.1, -0.05) is 23.4 Å². The minimum Gasteiger partial charge on any atom is -0.396 e. The Morgan fingerprint density at radius 2 is 2.11 bits per heavy atom. The molecule has 4 N–H and O–H groups in total. The van der Waals surface area contributed by atoms with Gasteiger partial charge in [0.05, 0.1) is 18.0 Å². The van der Waals surface area contributed by atoms with E-state index >= 15 is 0 Å². The number of aromatic nitrogens is 3. The van der Waals surface area contributed by atoms with Crippen molar-refractivity contribution in [1.82, 2.24) is 15.1 Å². The van der Waals surface area contributed by atoms with Gasteiger partial charge in [-0.15, -0.1) is 0 Å². The highest BCUT2D eigenvalue weighted by Gasteiger charge is 2.26. The average molecular weight is 378 g/mol. The highest BCUT2D eigenvalue weighted by molar-refractivity contribution is 6.10. The van der Waals surface area contributed by atoms with Gasteiger partial charge in [0.15, 0.2) is 5.82 Å². The van der Waals surface area contributed by atoms with Crippen LogP contribution in [0.3, 0.4) is 0 Å². The number of nitrogen functional groups attached to an aromatic ring is 1. The summed E-state index contributed by atoms with van der Waals surface area (Å²) < 4.78 is 18.8. The highest BCUT2D eigenvalue weighted by Crippen LogP contribution is 2.41. The molecule has 0 atom stereocenters. The molecule has 3 aromatic rings. The molecule has 2 aromatic heterocycles. The molecule has 1 aliphatic carbocycles. The lowest BCUT2D eigenvalue weighted by atomic mass is 10.2. The number of anilines is 1. The van der Waals surface area contributed by atoms with Gasteiger partial charge in [0, 0.05) is 23.4 Å². The number of nitrogens with zero attached hydrogens (tertiary/aromatic N) is 4. The van der Waals surface area contributed by atoms with Crippen molar-refractivity contribution in [2.24, 2.45) is 10.7 Å². The normalized spacial score (nSPS) is 15.0. The Morgan fingerprint density at radius 3 is 2.79 bits per heavy atom. The molecule has 1 fully saturated rings. The van der Waals surface area contributed by atoms with Crippen LogP contribution < -0.4 is 11.5 Å². The quantitative estimate of drug-likeness (QED) is 0.637. The molecule has 0 radical (unpaired) electrons. The summed E-state index contributed by atoms with van der Waals surface area (Å²) in [6.45, 7) is 0.127. The van der Waals surface area contributed by atoms with Crippen molar-refractivity contribution >= 4 is 17.2 Å². The maximum atomic E-state index is 13.9. The Morgan fingerprint density at radius 1 is 1.29 bits per heavy atom. The first-order valence-corrected chi connectivity index (χ1v) is 8.90. The second-order valence-electron chi connectivity index (χ2n) is 6.59. The van der Waals surface area contributed by atoms with E-state index < -0.39 is 0 Å². The summed E-state index contributed by atoms with van der Waals surface area (Å²) in [7, 11) is 0. The molecule has 8 heteroatoms. The second-order valence-corrected chi connectivity index (χ2v) is 6.59. The van der Waals surface area contributed by atoms with Gasteiger partial charge < -0.3 is 16.0 Å². The van der Waals surface area contributed by atoms with E-state index in [1.54, 1.807) is 36.5 Å². The van der Waals surface area contributed by atoms with Crippen LogP contribution in [0.5, 0.6) is 0 Å². The summed E-state index contributed by atoms with van der Waals surface area (Å²) in [4.78, 5) is 13.1. The molecule has 0 aliphatic heterocycles. The van der Waals surface area contributed by atoms with Gasteiger partial charge in [0.25, 0.3) is 0 Å². The number of rotatable bonds is 6. The molecule has 28 heavy (non-hydrogen) atoms. The lowest BCUT2D eigenvalue weighted by molar-refractivity contribution is 0.418. The molecular weight excluding hydrogens is 359 g/mol. The summed E-state index contributed by atoms with van der Waals surface area (Å²) in [5, 5.41) is 3.90. The summed E-state index contributed by atoms with van der Waals surface area (Å²) in [6.07, 6.45) is 6.96. The number of halogens is 1. The Labute approximate surface area is 161 Å². The van der Waals surface area contributed by atoms with Gasteiger partial charge in [-0.2, -0.15) is 0 Å². The summed E-state index contributed by atoms with van der Waals surface area (Å²) in [5.41, 5.74) is 14.8. The van der Waals surface area contributed by atoms with Gasteiger partial charge in [-0.05, 0) is 30.9 Å². The number of benzene rings is 1. The van der Waals surface area contributed by atoms with Gasteiger partial charge in [0.2, 0.25) is 0 Å². The number of aliphatic imine (C=N–C) groups is 1. The van der Waals surface area contributed by atoms with E-state index in [0.717, 1.165) is 18.4 Å². The van der Waals surface area contributed by atoms with Crippen LogP contribution in [-0.4, -0.2) is 20.8 Å². The Balaban J connectivity index is 1.64. The first-order valence-electron chi connectivity index (χ1n) is 8.90. The highest BCUT2D eigenvalue weighted by atomic mass is 19.1. The molecule has 4 rings (SSSR count). The zero-order valence-corrected chi connectivity index (χ0v) is 15.0. The van der Waals surface area contributed by atoms with Crippen molar-refractivity contribution in [3.63, 3.8) is 0 Å². The first-order chi connectivity index (χ1) is 13.6. The van der Waals surface area contributed by atoms with Crippen LogP contribution in [0.4, 0.5) is 10.2 Å². The summed E-state index contributed by atoms with van der Waals surface area (Å²) in [6, 6.07) is 8.10. The van der Waals surface area contributed by atoms with Crippen molar-refractivity contribution in [3.05, 3.63) is 77.3 Å². The van der Waals surface area contributed by atoms with Crippen LogP contribution in [0.25, 0.3) is 5.70 Å². The van der Waals surface area contributed by atoms with E-state index in [0.29, 0.717) is 34.5 Å². The number of hydrogen-bond donors (Lipinski definition) is 2. The monoisotopic (exact) mass is 378 g/mol. The number of hydrogen-bond acceptors (Lipinski definition) is 7. The van der Waals surface area contributed by atoms with Crippen molar-refractivity contribution in [1.29, 1.82) is 0 Å². The van der Waals surface area contributed by atoms with E-state index in [9.17, 15) is 4.39 Å². The molecule has 2 heterocycles. The van der Waals surface area contributed by atoms with Crippen LogP contribution in [-0.2, 0) is 6.54 Å². The minimum atomic E-state index is -0.325. The van der Waals surface area contributed by atoms with Crippen LogP contribution in [0, 0.1) is 5.82 Å². The molecule has 1 aromatic carbocycles. The van der Waals surface area contributed by atoms with Crippen molar-refractivity contribution < 1.29 is 8.91 Å². The predicted molar refractivity (Wildman–Crippen MR) is 104 cm³/mol. The molecule has 1 saturated carbocycles. The molecule has 0 bridgehead atoms. The first kappa shape index (κ1) is 17.8. The molecule has 0 saturated heterocycles. The maximum Gasteiger partial charge on any atom is 0.177 e. The molecule has 0 amide bonds. The van der Waals surface area contributed by atoms with E-state index in [1.807, 2.05) is 0 Å². The van der Waals surface area contributed by atoms with Gasteiger partial charge in [-0.3, -0.25) is 4.99 Å². The van der Waals surface area contributed by atoms with Gasteiger partial charge >= 0.3 is 0 Å². The topological polar surface area (TPSA) is 116 Å². The third-order valence-electron chi connectivity index (χ3n) is 4.49. The lowest BCUT2D eigenvalue weighted by Crippen LogP contribution is -2.10. The van der Waals surface area contributed by atoms with Crippen LogP contribution in [0.1, 0.15) is 41.4 Å². The fourth-order valence-electron chi connectivity index (χ4n) is 2.81. The van der Waals surface area contributed by atoms with E-state index in [-0.39, 0.29) is 18.1 Å². The molecular formula is C20H19FN6O. The van der Waals surface area contributed by atoms with E-state index in [2.05, 4.69) is 20.1 Å². The maximum absolute atomic E-state index is 13.9. The van der Waals surface area contributed by atoms with Crippen molar-refractivity contribution in [2.75, 3.05) is 5.73 Å².